The molecule has 0 radical (unpaired) electrons. The van der Waals surface area contributed by atoms with Gasteiger partial charge in [-0.2, -0.15) is 0 Å². The summed E-state index contributed by atoms with van der Waals surface area (Å²) in [6.07, 6.45) is 1.53. The van der Waals surface area contributed by atoms with Crippen molar-refractivity contribution in [1.82, 2.24) is 14.9 Å². The van der Waals surface area contributed by atoms with Gasteiger partial charge in [0.1, 0.15) is 0 Å². The third-order valence-corrected chi connectivity index (χ3v) is 5.79. The van der Waals surface area contributed by atoms with Gasteiger partial charge < -0.3 is 20.1 Å². The van der Waals surface area contributed by atoms with E-state index < -0.39 is 0 Å². The summed E-state index contributed by atoms with van der Waals surface area (Å²) >= 11 is 0. The molecule has 2 aromatic carbocycles. The topological polar surface area (TPSA) is 79.3 Å². The number of nitrogens with one attached hydrogen (secondary N) is 2. The predicted molar refractivity (Wildman–Crippen MR) is 129 cm³/mol. The highest BCUT2D eigenvalue weighted by Crippen LogP contribution is 2.20. The predicted octanol–water partition coefficient (Wildman–Crippen LogP) is 4.15. The highest BCUT2D eigenvalue weighted by atomic mass is 16.2. The molecule has 32 heavy (non-hydrogen) atoms. The summed E-state index contributed by atoms with van der Waals surface area (Å²) in [5.74, 6) is 0.861. The molecule has 0 unspecified atom stereocenters. The van der Waals surface area contributed by atoms with Crippen molar-refractivity contribution in [2.75, 3.05) is 23.3 Å². The lowest BCUT2D eigenvalue weighted by atomic mass is 10.1. The number of urea groups is 1. The normalized spacial score (nSPS) is 14.7. The van der Waals surface area contributed by atoms with E-state index in [2.05, 4.69) is 29.4 Å². The average Bonchev–Trinajstić information content (AvgIpc) is 2.76. The maximum atomic E-state index is 13.3. The van der Waals surface area contributed by atoms with Crippen LogP contribution in [0.15, 0.2) is 53.3 Å². The van der Waals surface area contributed by atoms with Crippen molar-refractivity contribution in [2.24, 2.45) is 5.92 Å². The lowest BCUT2D eigenvalue weighted by Crippen LogP contribution is -2.47. The van der Waals surface area contributed by atoms with E-state index in [9.17, 15) is 9.59 Å². The van der Waals surface area contributed by atoms with Gasteiger partial charge in [0.05, 0.1) is 11.0 Å². The summed E-state index contributed by atoms with van der Waals surface area (Å²) < 4.78 is 1.85. The van der Waals surface area contributed by atoms with Gasteiger partial charge in [-0.3, -0.25) is 4.79 Å². The number of hydrogen-bond acceptors (Lipinski definition) is 4. The standard InChI is InChI=1S/C25H31N5O2/c1-17(2)16-30-22-10-5-4-9-21(22)28-23(24(30)31)29-13-11-19(12-14-29)26-25(32)27-20-8-6-7-18(3)15-20/h4-10,15,17,19H,11-14,16H2,1-3H3,(H2,26,27,32). The largest absolute Gasteiger partial charge is 0.352 e. The molecule has 7 heteroatoms. The highest BCUT2D eigenvalue weighted by molar-refractivity contribution is 5.89. The third-order valence-electron chi connectivity index (χ3n) is 5.79. The maximum absolute atomic E-state index is 13.3. The molecule has 3 aromatic rings. The van der Waals surface area contributed by atoms with E-state index in [-0.39, 0.29) is 17.6 Å². The Morgan fingerprint density at radius 3 is 2.59 bits per heavy atom. The molecule has 0 bridgehead atoms. The SMILES string of the molecule is Cc1cccc(NC(=O)NC2CCN(c3nc4ccccc4n(CC(C)C)c3=O)CC2)c1. The lowest BCUT2D eigenvalue weighted by Gasteiger charge is -2.33. The van der Waals surface area contributed by atoms with Crippen LogP contribution in [0.2, 0.25) is 0 Å². The average molecular weight is 434 g/mol. The Kier molecular flexibility index (Phi) is 6.44. The molecular formula is C25H31N5O2. The number of hydrogen-bond donors (Lipinski definition) is 2. The molecule has 1 saturated heterocycles. The quantitative estimate of drug-likeness (QED) is 0.634. The van der Waals surface area contributed by atoms with Gasteiger partial charge in [-0.25, -0.2) is 9.78 Å². The van der Waals surface area contributed by atoms with Crippen molar-refractivity contribution in [1.29, 1.82) is 0 Å². The Balaban J connectivity index is 1.44. The highest BCUT2D eigenvalue weighted by Gasteiger charge is 2.24. The van der Waals surface area contributed by atoms with Gasteiger partial charge in [0.15, 0.2) is 5.82 Å². The zero-order valence-electron chi connectivity index (χ0n) is 19.0. The fraction of sp³-hybridized carbons (Fsp3) is 0.400. The van der Waals surface area contributed by atoms with Gasteiger partial charge in [-0.1, -0.05) is 38.1 Å². The van der Waals surface area contributed by atoms with E-state index in [4.69, 9.17) is 4.98 Å². The molecule has 7 nitrogen and oxygen atoms in total. The van der Waals surface area contributed by atoms with E-state index in [1.165, 1.54) is 0 Å². The minimum atomic E-state index is -0.197. The number of aryl methyl sites for hydroxylation is 1. The second-order valence-electron chi connectivity index (χ2n) is 8.96. The van der Waals surface area contributed by atoms with Crippen LogP contribution >= 0.6 is 0 Å². The molecule has 1 aliphatic heterocycles. The second kappa shape index (κ2) is 9.42. The lowest BCUT2D eigenvalue weighted by molar-refractivity contribution is 0.246. The Morgan fingerprint density at radius 2 is 1.88 bits per heavy atom. The van der Waals surface area contributed by atoms with Gasteiger partial charge in [-0.05, 0) is 55.5 Å². The molecular weight excluding hydrogens is 402 g/mol. The first-order valence-corrected chi connectivity index (χ1v) is 11.3. The molecule has 0 aliphatic carbocycles. The van der Waals surface area contributed by atoms with Crippen LogP contribution in [-0.2, 0) is 6.54 Å². The van der Waals surface area contributed by atoms with Gasteiger partial charge in [0.2, 0.25) is 0 Å². The van der Waals surface area contributed by atoms with Crippen molar-refractivity contribution in [3.8, 4) is 0 Å². The molecule has 2 N–H and O–H groups in total. The number of amides is 2. The number of piperidine rings is 1. The van der Waals surface area contributed by atoms with Crippen molar-refractivity contribution in [3.63, 3.8) is 0 Å². The van der Waals surface area contributed by atoms with Crippen LogP contribution in [0.5, 0.6) is 0 Å². The zero-order valence-corrected chi connectivity index (χ0v) is 19.0. The van der Waals surface area contributed by atoms with Gasteiger partial charge in [0, 0.05) is 31.4 Å². The van der Waals surface area contributed by atoms with Crippen LogP contribution in [0.25, 0.3) is 11.0 Å². The Labute approximate surface area is 188 Å². The number of fused-ring (bicyclic) bond motifs is 1. The van der Waals surface area contributed by atoms with Gasteiger partial charge >= 0.3 is 6.03 Å². The number of aromatic nitrogens is 2. The maximum Gasteiger partial charge on any atom is 0.319 e. The minimum absolute atomic E-state index is 0.0407. The van der Waals surface area contributed by atoms with Gasteiger partial charge in [0.25, 0.3) is 5.56 Å². The molecule has 2 amide bonds. The van der Waals surface area contributed by atoms with Crippen LogP contribution in [0.4, 0.5) is 16.3 Å². The molecule has 0 spiro atoms. The van der Waals surface area contributed by atoms with Crippen LogP contribution < -0.4 is 21.1 Å². The summed E-state index contributed by atoms with van der Waals surface area (Å²) in [5.41, 5.74) is 3.55. The van der Waals surface area contributed by atoms with E-state index in [1.807, 2.05) is 60.0 Å². The summed E-state index contributed by atoms with van der Waals surface area (Å²) in [6, 6.07) is 15.4. The second-order valence-corrected chi connectivity index (χ2v) is 8.96. The number of benzene rings is 2. The summed E-state index contributed by atoms with van der Waals surface area (Å²) in [4.78, 5) is 32.4. The first-order chi connectivity index (χ1) is 15.4. The van der Waals surface area contributed by atoms with Crippen LogP contribution in [0, 0.1) is 12.8 Å². The zero-order chi connectivity index (χ0) is 22.7. The fourth-order valence-electron chi connectivity index (χ4n) is 4.24. The number of rotatable bonds is 5. The number of carbonyl (C=O) groups is 1. The van der Waals surface area contributed by atoms with E-state index in [1.54, 1.807) is 0 Å². The summed E-state index contributed by atoms with van der Waals surface area (Å²) in [5, 5.41) is 5.96. The third kappa shape index (κ3) is 4.93. The Hall–Kier alpha value is -3.35. The number of nitrogens with zero attached hydrogens (tertiary/aromatic N) is 3. The summed E-state index contributed by atoms with van der Waals surface area (Å²) in [7, 11) is 0. The minimum Gasteiger partial charge on any atom is -0.352 e. The van der Waals surface area contributed by atoms with Crippen LogP contribution in [0.1, 0.15) is 32.3 Å². The number of anilines is 2. The monoisotopic (exact) mass is 433 g/mol. The molecule has 0 atom stereocenters. The number of carbonyl (C=O) groups excluding carboxylic acids is 1. The first-order valence-electron chi connectivity index (χ1n) is 11.3. The molecule has 2 heterocycles. The van der Waals surface area contributed by atoms with Crippen molar-refractivity contribution in [2.45, 2.75) is 46.2 Å². The number of para-hydroxylation sites is 2. The van der Waals surface area contributed by atoms with Crippen molar-refractivity contribution >= 4 is 28.6 Å². The first kappa shape index (κ1) is 21.9. The van der Waals surface area contributed by atoms with E-state index >= 15 is 0 Å². The molecule has 1 aliphatic rings. The molecule has 1 fully saturated rings. The Bertz CT molecular complexity index is 1160. The molecule has 0 saturated carbocycles. The Morgan fingerprint density at radius 1 is 1.12 bits per heavy atom. The molecule has 4 rings (SSSR count). The van der Waals surface area contributed by atoms with Crippen molar-refractivity contribution < 1.29 is 4.79 Å². The van der Waals surface area contributed by atoms with Crippen LogP contribution in [0.3, 0.4) is 0 Å². The molecule has 168 valence electrons. The fourth-order valence-corrected chi connectivity index (χ4v) is 4.24. The van der Waals surface area contributed by atoms with E-state index in [0.29, 0.717) is 31.4 Å². The van der Waals surface area contributed by atoms with Gasteiger partial charge in [-0.15, -0.1) is 0 Å². The smallest absolute Gasteiger partial charge is 0.319 e. The van der Waals surface area contributed by atoms with Crippen molar-refractivity contribution in [3.05, 3.63) is 64.4 Å². The van der Waals surface area contributed by atoms with Crippen LogP contribution in [-0.4, -0.2) is 34.7 Å². The molecule has 1 aromatic heterocycles. The summed E-state index contributed by atoms with van der Waals surface area (Å²) in [6.45, 7) is 8.23. The van der Waals surface area contributed by atoms with E-state index in [0.717, 1.165) is 35.1 Å².